The maximum absolute atomic E-state index is 13.6. The van der Waals surface area contributed by atoms with E-state index in [0.29, 0.717) is 18.3 Å². The van der Waals surface area contributed by atoms with E-state index in [1.807, 2.05) is 30.3 Å². The summed E-state index contributed by atoms with van der Waals surface area (Å²) in [7, 11) is 0. The molecule has 4 fully saturated rings. The molecule has 9 heteroatoms. The van der Waals surface area contributed by atoms with Crippen molar-refractivity contribution in [3.05, 3.63) is 47.2 Å². The predicted molar refractivity (Wildman–Crippen MR) is 129 cm³/mol. The van der Waals surface area contributed by atoms with Gasteiger partial charge in [-0.05, 0) is 62.8 Å². The number of hydrogen-bond acceptors (Lipinski definition) is 6. The first-order valence-electron chi connectivity index (χ1n) is 12.7. The predicted octanol–water partition coefficient (Wildman–Crippen LogP) is 2.88. The van der Waals surface area contributed by atoms with Gasteiger partial charge < -0.3 is 25.4 Å². The molecule has 3 unspecified atom stereocenters. The van der Waals surface area contributed by atoms with Crippen LogP contribution in [0.2, 0.25) is 0 Å². The smallest absolute Gasteiger partial charge is 0.338 e. The van der Waals surface area contributed by atoms with Gasteiger partial charge in [-0.3, -0.25) is 9.59 Å². The lowest BCUT2D eigenvalue weighted by Crippen LogP contribution is -2.64. The van der Waals surface area contributed by atoms with Crippen LogP contribution in [0.1, 0.15) is 64.0 Å². The Morgan fingerprint density at radius 1 is 1.06 bits per heavy atom. The second-order valence-electron chi connectivity index (χ2n) is 10.8. The van der Waals surface area contributed by atoms with Gasteiger partial charge in [0.2, 0.25) is 5.91 Å². The number of urea groups is 1. The quantitative estimate of drug-likeness (QED) is 0.500. The van der Waals surface area contributed by atoms with E-state index in [1.165, 1.54) is 6.92 Å². The van der Waals surface area contributed by atoms with Gasteiger partial charge in [0.15, 0.2) is 0 Å². The van der Waals surface area contributed by atoms with Gasteiger partial charge in [0.05, 0.1) is 29.3 Å². The van der Waals surface area contributed by atoms with Gasteiger partial charge in [-0.1, -0.05) is 30.3 Å². The standard InChI is InChI=1S/C27H33N3O6/c1-3-35-23(32)21-20(28-25(34)29-22(21)19-7-5-4-6-8-19)14-36-24(33)26-10-17-9-18(11-26)13-27(12-17,15-26)30-16(2)31/h4-8,17-18,22H,3,9-15H2,1-2H3,(H,30,31)(H2,28,29,34). The molecule has 4 bridgehead atoms. The molecule has 4 saturated carbocycles. The van der Waals surface area contributed by atoms with Crippen molar-refractivity contribution >= 4 is 23.9 Å². The normalized spacial score (nSPS) is 32.4. The Hall–Kier alpha value is -3.36. The van der Waals surface area contributed by atoms with Crippen molar-refractivity contribution in [2.24, 2.45) is 17.3 Å². The zero-order chi connectivity index (χ0) is 25.5. The molecule has 1 heterocycles. The second-order valence-corrected chi connectivity index (χ2v) is 10.8. The third-order valence-corrected chi connectivity index (χ3v) is 8.06. The van der Waals surface area contributed by atoms with Gasteiger partial charge in [0.1, 0.15) is 6.61 Å². The first-order chi connectivity index (χ1) is 17.2. The number of benzene rings is 1. The Bertz CT molecular complexity index is 1100. The Morgan fingerprint density at radius 3 is 2.39 bits per heavy atom. The highest BCUT2D eigenvalue weighted by Gasteiger charge is 2.61. The van der Waals surface area contributed by atoms with Crippen molar-refractivity contribution in [3.63, 3.8) is 0 Å². The molecule has 4 aliphatic carbocycles. The van der Waals surface area contributed by atoms with Crippen LogP contribution >= 0.6 is 0 Å². The Kier molecular flexibility index (Phi) is 6.26. The molecule has 36 heavy (non-hydrogen) atoms. The summed E-state index contributed by atoms with van der Waals surface area (Å²) in [5.74, 6) is -0.230. The third-order valence-electron chi connectivity index (χ3n) is 8.06. The molecular weight excluding hydrogens is 462 g/mol. The molecule has 0 spiro atoms. The minimum atomic E-state index is -0.727. The summed E-state index contributed by atoms with van der Waals surface area (Å²) in [6.07, 6.45) is 4.93. The van der Waals surface area contributed by atoms with Gasteiger partial charge in [-0.25, -0.2) is 9.59 Å². The van der Waals surface area contributed by atoms with Crippen molar-refractivity contribution in [1.29, 1.82) is 0 Å². The monoisotopic (exact) mass is 495 g/mol. The zero-order valence-electron chi connectivity index (χ0n) is 20.7. The molecule has 3 amide bonds. The van der Waals surface area contributed by atoms with Crippen molar-refractivity contribution in [2.45, 2.75) is 64.0 Å². The zero-order valence-corrected chi connectivity index (χ0v) is 20.7. The van der Waals surface area contributed by atoms with Gasteiger partial charge in [-0.15, -0.1) is 0 Å². The summed E-state index contributed by atoms with van der Waals surface area (Å²) in [4.78, 5) is 51.0. The maximum Gasteiger partial charge on any atom is 0.338 e. The molecular formula is C27H33N3O6. The summed E-state index contributed by atoms with van der Waals surface area (Å²) in [5, 5.41) is 8.60. The van der Waals surface area contributed by atoms with Crippen LogP contribution in [0, 0.1) is 17.3 Å². The van der Waals surface area contributed by atoms with Crippen LogP contribution in [0.5, 0.6) is 0 Å². The molecule has 3 N–H and O–H groups in total. The van der Waals surface area contributed by atoms with Gasteiger partial charge in [-0.2, -0.15) is 0 Å². The van der Waals surface area contributed by atoms with Crippen LogP contribution in [-0.2, 0) is 23.9 Å². The molecule has 0 aromatic heterocycles. The molecule has 9 nitrogen and oxygen atoms in total. The van der Waals surface area contributed by atoms with E-state index in [2.05, 4.69) is 16.0 Å². The number of esters is 2. The largest absolute Gasteiger partial charge is 0.463 e. The minimum absolute atomic E-state index is 0.0749. The number of rotatable bonds is 7. The molecule has 1 aromatic carbocycles. The van der Waals surface area contributed by atoms with Crippen LogP contribution in [0.4, 0.5) is 4.79 Å². The van der Waals surface area contributed by atoms with Gasteiger partial charge >= 0.3 is 18.0 Å². The average molecular weight is 496 g/mol. The first-order valence-corrected chi connectivity index (χ1v) is 12.7. The van der Waals surface area contributed by atoms with Crippen LogP contribution in [-0.4, -0.2) is 42.6 Å². The Morgan fingerprint density at radius 2 is 1.75 bits per heavy atom. The summed E-state index contributed by atoms with van der Waals surface area (Å²) in [6, 6.07) is 7.92. The number of carbonyl (C=O) groups excluding carboxylic acids is 4. The van der Waals surface area contributed by atoms with E-state index in [4.69, 9.17) is 9.47 Å². The van der Waals surface area contributed by atoms with Crippen LogP contribution in [0.25, 0.3) is 0 Å². The fraction of sp³-hybridized carbons (Fsp3) is 0.556. The molecule has 0 saturated heterocycles. The van der Waals surface area contributed by atoms with Crippen LogP contribution in [0.15, 0.2) is 41.6 Å². The summed E-state index contributed by atoms with van der Waals surface area (Å²) < 4.78 is 11.1. The van der Waals surface area contributed by atoms with Crippen molar-refractivity contribution < 1.29 is 28.7 Å². The number of nitrogens with one attached hydrogen (secondary N) is 3. The number of hydrogen-bond donors (Lipinski definition) is 3. The first kappa shape index (κ1) is 24.3. The molecule has 6 rings (SSSR count). The van der Waals surface area contributed by atoms with Crippen LogP contribution in [0.3, 0.4) is 0 Å². The summed E-state index contributed by atoms with van der Waals surface area (Å²) in [5.41, 5.74) is 0.146. The topological polar surface area (TPSA) is 123 Å². The molecule has 5 aliphatic rings. The summed E-state index contributed by atoms with van der Waals surface area (Å²) >= 11 is 0. The molecule has 192 valence electrons. The van der Waals surface area contributed by atoms with Crippen molar-refractivity contribution in [3.8, 4) is 0 Å². The second kappa shape index (κ2) is 9.26. The molecule has 3 atom stereocenters. The van der Waals surface area contributed by atoms with E-state index in [1.54, 1.807) is 6.92 Å². The summed E-state index contributed by atoms with van der Waals surface area (Å²) in [6.45, 7) is 3.16. The van der Waals surface area contributed by atoms with Gasteiger partial charge in [0, 0.05) is 12.5 Å². The van der Waals surface area contributed by atoms with Crippen LogP contribution < -0.4 is 16.0 Å². The highest BCUT2D eigenvalue weighted by Crippen LogP contribution is 2.62. The third kappa shape index (κ3) is 4.47. The van der Waals surface area contributed by atoms with E-state index in [0.717, 1.165) is 37.7 Å². The SMILES string of the molecule is CCOC(=O)C1=C(COC(=O)C23CC4CC(CC(NC(C)=O)(C4)C2)C3)NC(=O)NC1c1ccccc1. The fourth-order valence-corrected chi connectivity index (χ4v) is 7.39. The van der Waals surface area contributed by atoms with Crippen molar-refractivity contribution in [2.75, 3.05) is 13.2 Å². The lowest BCUT2D eigenvalue weighted by Gasteiger charge is -2.60. The van der Waals surface area contributed by atoms with E-state index < -0.39 is 23.5 Å². The number of amides is 3. The van der Waals surface area contributed by atoms with E-state index >= 15 is 0 Å². The highest BCUT2D eigenvalue weighted by atomic mass is 16.5. The average Bonchev–Trinajstić information content (AvgIpc) is 2.81. The lowest BCUT2D eigenvalue weighted by atomic mass is 9.47. The Balaban J connectivity index is 1.40. The lowest BCUT2D eigenvalue weighted by molar-refractivity contribution is -0.175. The van der Waals surface area contributed by atoms with E-state index in [-0.39, 0.29) is 41.9 Å². The number of ether oxygens (including phenoxy) is 2. The van der Waals surface area contributed by atoms with E-state index in [9.17, 15) is 19.2 Å². The molecule has 0 radical (unpaired) electrons. The maximum atomic E-state index is 13.6. The van der Waals surface area contributed by atoms with Crippen molar-refractivity contribution in [1.82, 2.24) is 16.0 Å². The number of carbonyl (C=O) groups is 4. The fourth-order valence-electron chi connectivity index (χ4n) is 7.39. The molecule has 1 aromatic rings. The minimum Gasteiger partial charge on any atom is -0.463 e. The highest BCUT2D eigenvalue weighted by molar-refractivity contribution is 5.95. The van der Waals surface area contributed by atoms with Gasteiger partial charge in [0.25, 0.3) is 0 Å². The molecule has 1 aliphatic heterocycles. The Labute approximate surface area is 210 Å².